The van der Waals surface area contributed by atoms with Crippen molar-refractivity contribution in [1.82, 2.24) is 9.80 Å². The smallest absolute Gasteiger partial charge is 0.265 e. The predicted molar refractivity (Wildman–Crippen MR) is 177 cm³/mol. The first-order valence-corrected chi connectivity index (χ1v) is 18.1. The fraction of sp³-hybridized carbons (Fsp3) is 0.545. The fourth-order valence-corrected chi connectivity index (χ4v) is 6.52. The van der Waals surface area contributed by atoms with Crippen LogP contribution in [0.3, 0.4) is 0 Å². The lowest BCUT2D eigenvalue weighted by Gasteiger charge is -2.38. The number of carbonyl (C=O) groups is 2. The first-order chi connectivity index (χ1) is 19.0. The van der Waals surface area contributed by atoms with Crippen LogP contribution in [0.4, 0.5) is 5.69 Å². The molecule has 2 aliphatic rings. The van der Waals surface area contributed by atoms with Gasteiger partial charge < -0.3 is 9.33 Å². The standard InChI is InChI=1S/C33H49N3O3SSi/c1-11-35-29(37)28(30(38)36(12-2)31(35)40)26-21-25(22-33(6,7)23-26)14-13-24-15-17-27(18-16-24)34(8)19-20-39-41(9,10)32(3,4)5/h13-18,21H,11-12,19-20,22-23H2,1-10H3/b14-13+. The summed E-state index contributed by atoms with van der Waals surface area (Å²) in [5, 5.41) is 0.506. The highest BCUT2D eigenvalue weighted by molar-refractivity contribution is 7.80. The zero-order chi connectivity index (χ0) is 30.8. The van der Waals surface area contributed by atoms with Crippen LogP contribution < -0.4 is 4.90 Å². The monoisotopic (exact) mass is 595 g/mol. The normalized spacial score (nSPS) is 18.5. The summed E-state index contributed by atoms with van der Waals surface area (Å²) >= 11 is 5.45. The van der Waals surface area contributed by atoms with Gasteiger partial charge in [0, 0.05) is 32.4 Å². The van der Waals surface area contributed by atoms with Crippen LogP contribution in [-0.4, -0.2) is 68.3 Å². The molecule has 1 aliphatic heterocycles. The second kappa shape index (κ2) is 12.8. The Balaban J connectivity index is 1.78. The molecule has 0 unspecified atom stereocenters. The van der Waals surface area contributed by atoms with E-state index in [9.17, 15) is 9.59 Å². The number of allylic oxidation sites excluding steroid dienone is 4. The Morgan fingerprint density at radius 1 is 1.00 bits per heavy atom. The van der Waals surface area contributed by atoms with Gasteiger partial charge in [-0.2, -0.15) is 0 Å². The lowest BCUT2D eigenvalue weighted by molar-refractivity contribution is -0.133. The molecule has 1 aromatic carbocycles. The van der Waals surface area contributed by atoms with Crippen LogP contribution in [0.2, 0.25) is 18.1 Å². The largest absolute Gasteiger partial charge is 0.415 e. The summed E-state index contributed by atoms with van der Waals surface area (Å²) in [7, 11) is 0.352. The second-order valence-corrected chi connectivity index (χ2v) is 18.6. The maximum atomic E-state index is 13.4. The number of likely N-dealkylation sites (N-methyl/N-ethyl adjacent to an activating group) is 3. The van der Waals surface area contributed by atoms with E-state index < -0.39 is 8.32 Å². The summed E-state index contributed by atoms with van der Waals surface area (Å²) in [5.41, 5.74) is 4.33. The fourth-order valence-electron chi connectivity index (χ4n) is 5.06. The molecular weight excluding hydrogens is 547 g/mol. The number of anilines is 1. The molecule has 0 radical (unpaired) electrons. The molecule has 1 fully saturated rings. The van der Waals surface area contributed by atoms with Crippen LogP contribution in [0.25, 0.3) is 6.08 Å². The topological polar surface area (TPSA) is 53.1 Å². The summed E-state index contributed by atoms with van der Waals surface area (Å²) in [6.45, 7) is 22.0. The number of hydrogen-bond donors (Lipinski definition) is 0. The molecule has 8 heteroatoms. The van der Waals surface area contributed by atoms with Crippen molar-refractivity contribution >= 4 is 49.2 Å². The van der Waals surface area contributed by atoms with Gasteiger partial charge >= 0.3 is 0 Å². The number of amides is 2. The first kappa shape index (κ1) is 33.0. The van der Waals surface area contributed by atoms with Crippen LogP contribution in [0.1, 0.15) is 66.9 Å². The lowest BCUT2D eigenvalue weighted by Crippen LogP contribution is -2.56. The van der Waals surface area contributed by atoms with E-state index >= 15 is 0 Å². The van der Waals surface area contributed by atoms with Gasteiger partial charge in [-0.05, 0) is 91.3 Å². The molecule has 0 atom stereocenters. The van der Waals surface area contributed by atoms with Crippen LogP contribution >= 0.6 is 12.2 Å². The minimum absolute atomic E-state index is 0.0809. The highest BCUT2D eigenvalue weighted by Gasteiger charge is 2.41. The molecule has 41 heavy (non-hydrogen) atoms. The zero-order valence-electron chi connectivity index (χ0n) is 26.8. The average Bonchev–Trinajstić information content (AvgIpc) is 2.86. The first-order valence-electron chi connectivity index (χ1n) is 14.8. The number of hydrogen-bond acceptors (Lipinski definition) is 5. The molecule has 224 valence electrons. The van der Waals surface area contributed by atoms with Gasteiger partial charge in [0.05, 0.1) is 6.61 Å². The summed E-state index contributed by atoms with van der Waals surface area (Å²) < 4.78 is 6.35. The van der Waals surface area contributed by atoms with Gasteiger partial charge in [0.15, 0.2) is 13.4 Å². The predicted octanol–water partition coefficient (Wildman–Crippen LogP) is 7.20. The van der Waals surface area contributed by atoms with E-state index in [-0.39, 0.29) is 27.8 Å². The van der Waals surface area contributed by atoms with Crippen LogP contribution in [0, 0.1) is 5.41 Å². The van der Waals surface area contributed by atoms with E-state index in [4.69, 9.17) is 16.6 Å². The summed E-state index contributed by atoms with van der Waals surface area (Å²) in [5.74, 6) is -0.567. The summed E-state index contributed by atoms with van der Waals surface area (Å²) in [6.07, 6.45) is 7.79. The maximum Gasteiger partial charge on any atom is 0.265 e. The number of carbonyl (C=O) groups excluding carboxylic acids is 2. The van der Waals surface area contributed by atoms with E-state index in [1.807, 2.05) is 19.9 Å². The molecule has 0 N–H and O–H groups in total. The summed E-state index contributed by atoms with van der Waals surface area (Å²) in [4.78, 5) is 32.0. The molecule has 0 bridgehead atoms. The van der Waals surface area contributed by atoms with Gasteiger partial charge in [-0.1, -0.05) is 65.0 Å². The van der Waals surface area contributed by atoms with Gasteiger partial charge in [-0.3, -0.25) is 19.4 Å². The van der Waals surface area contributed by atoms with Crippen molar-refractivity contribution in [2.24, 2.45) is 5.41 Å². The average molecular weight is 596 g/mol. The Hall–Kier alpha value is -2.55. The number of rotatable bonds is 9. The minimum atomic E-state index is -1.75. The Labute approximate surface area is 254 Å². The Bertz CT molecular complexity index is 1230. The molecular formula is C33H49N3O3SSi. The Morgan fingerprint density at radius 2 is 1.56 bits per heavy atom. The maximum absolute atomic E-state index is 13.4. The van der Waals surface area contributed by atoms with Gasteiger partial charge in [0.1, 0.15) is 5.57 Å². The third-order valence-corrected chi connectivity index (χ3v) is 13.5. The van der Waals surface area contributed by atoms with Gasteiger partial charge in [0.25, 0.3) is 11.8 Å². The molecule has 0 saturated carbocycles. The molecule has 1 saturated heterocycles. The minimum Gasteiger partial charge on any atom is -0.415 e. The van der Waals surface area contributed by atoms with E-state index in [1.165, 1.54) is 9.80 Å². The van der Waals surface area contributed by atoms with E-state index in [1.54, 1.807) is 0 Å². The Morgan fingerprint density at radius 3 is 2.07 bits per heavy atom. The van der Waals surface area contributed by atoms with E-state index in [0.29, 0.717) is 24.6 Å². The van der Waals surface area contributed by atoms with E-state index in [2.05, 4.69) is 96.1 Å². The highest BCUT2D eigenvalue weighted by atomic mass is 32.1. The van der Waals surface area contributed by atoms with Gasteiger partial charge in [-0.15, -0.1) is 0 Å². The molecule has 2 amide bonds. The molecule has 1 aliphatic carbocycles. The third-order valence-electron chi connectivity index (χ3n) is 8.56. The molecule has 1 heterocycles. The third kappa shape index (κ3) is 7.65. The van der Waals surface area contributed by atoms with Crippen molar-refractivity contribution < 1.29 is 14.0 Å². The van der Waals surface area contributed by atoms with Crippen molar-refractivity contribution in [2.75, 3.05) is 38.2 Å². The van der Waals surface area contributed by atoms with Crippen molar-refractivity contribution in [2.45, 2.75) is 79.4 Å². The van der Waals surface area contributed by atoms with Crippen molar-refractivity contribution in [3.05, 3.63) is 58.7 Å². The van der Waals surface area contributed by atoms with Gasteiger partial charge in [0.2, 0.25) is 0 Å². The van der Waals surface area contributed by atoms with Crippen LogP contribution in [0.15, 0.2) is 53.1 Å². The van der Waals surface area contributed by atoms with Crippen molar-refractivity contribution in [3.63, 3.8) is 0 Å². The zero-order valence-corrected chi connectivity index (χ0v) is 28.6. The lowest BCUT2D eigenvalue weighted by atomic mass is 9.73. The quantitative estimate of drug-likeness (QED) is 0.131. The molecule has 6 nitrogen and oxygen atoms in total. The van der Waals surface area contributed by atoms with Crippen molar-refractivity contribution in [3.8, 4) is 0 Å². The van der Waals surface area contributed by atoms with Crippen molar-refractivity contribution in [1.29, 1.82) is 0 Å². The molecule has 0 aromatic heterocycles. The van der Waals surface area contributed by atoms with Crippen LogP contribution in [0.5, 0.6) is 0 Å². The number of thiocarbonyl (C=S) groups is 1. The molecule has 3 rings (SSSR count). The molecule has 0 spiro atoms. The van der Waals surface area contributed by atoms with E-state index in [0.717, 1.165) is 42.0 Å². The van der Waals surface area contributed by atoms with Gasteiger partial charge in [-0.25, -0.2) is 0 Å². The SMILES string of the molecule is CCN1C(=O)C(=C2C=C(/C=C/c3ccc(N(C)CCO[Si](C)(C)C(C)(C)C)cc3)CC(C)(C)C2)C(=O)N(CC)C1=S. The second-order valence-electron chi connectivity index (χ2n) is 13.5. The Kier molecular flexibility index (Phi) is 10.3. The molecule has 1 aromatic rings. The highest BCUT2D eigenvalue weighted by Crippen LogP contribution is 2.41. The number of benzene rings is 1. The van der Waals surface area contributed by atoms with Crippen LogP contribution in [-0.2, 0) is 14.0 Å². The summed E-state index contributed by atoms with van der Waals surface area (Å²) in [6, 6.07) is 8.52. The number of nitrogens with zero attached hydrogens (tertiary/aromatic N) is 3.